The Morgan fingerprint density at radius 1 is 1.29 bits per heavy atom. The van der Waals surface area contributed by atoms with Crippen molar-refractivity contribution in [1.29, 1.82) is 0 Å². The van der Waals surface area contributed by atoms with Crippen molar-refractivity contribution in [3.8, 4) is 0 Å². The molecule has 1 saturated heterocycles. The van der Waals surface area contributed by atoms with E-state index in [4.69, 9.17) is 0 Å². The zero-order valence-corrected chi connectivity index (χ0v) is 17.7. The number of thioether (sulfide) groups is 1. The zero-order chi connectivity index (χ0) is 20.8. The van der Waals surface area contributed by atoms with Gasteiger partial charge in [-0.3, -0.25) is 14.5 Å². The summed E-state index contributed by atoms with van der Waals surface area (Å²) in [5.74, 6) is -1.10. The van der Waals surface area contributed by atoms with Crippen LogP contribution in [0.1, 0.15) is 38.8 Å². The van der Waals surface area contributed by atoms with Crippen molar-refractivity contribution in [1.82, 2.24) is 4.90 Å². The van der Waals surface area contributed by atoms with Gasteiger partial charge in [-0.15, -0.1) is 0 Å². The van der Waals surface area contributed by atoms with Crippen LogP contribution >= 0.6 is 11.8 Å². The minimum atomic E-state index is -0.951. The average molecular weight is 401 g/mol. The molecule has 1 aromatic carbocycles. The number of methoxy groups -OCH3 is 1. The summed E-state index contributed by atoms with van der Waals surface area (Å²) in [6.45, 7) is 7.87. The van der Waals surface area contributed by atoms with Crippen LogP contribution in [-0.4, -0.2) is 47.8 Å². The molecule has 1 unspecified atom stereocenters. The molecule has 2 aliphatic rings. The van der Waals surface area contributed by atoms with Gasteiger partial charge >= 0.3 is 5.97 Å². The van der Waals surface area contributed by atoms with E-state index in [0.29, 0.717) is 4.91 Å². The molecule has 0 aromatic heterocycles. The quantitative estimate of drug-likeness (QED) is 0.566. The Morgan fingerprint density at radius 3 is 2.61 bits per heavy atom. The second kappa shape index (κ2) is 7.13. The molecular weight excluding hydrogens is 376 g/mol. The van der Waals surface area contributed by atoms with Crippen LogP contribution in [0.4, 0.5) is 10.5 Å². The van der Waals surface area contributed by atoms with Crippen LogP contribution in [0.15, 0.2) is 29.2 Å². The number of imide groups is 1. The van der Waals surface area contributed by atoms with E-state index in [9.17, 15) is 14.4 Å². The maximum absolute atomic E-state index is 12.7. The number of rotatable bonds is 3. The van der Waals surface area contributed by atoms with Crippen molar-refractivity contribution in [3.05, 3.63) is 40.3 Å². The van der Waals surface area contributed by atoms with Gasteiger partial charge in [0.05, 0.1) is 17.6 Å². The lowest BCUT2D eigenvalue weighted by molar-refractivity contribution is -0.148. The standard InChI is InChI=1S/C21H24N2O4S/c1-12-11-21(3,4)22(5)16-8-7-14(9-15(12)16)10-17-18(24)23(20(26)28-17)13(2)19(25)27-6/h7-11,13H,1-6H3/b17-10-. The lowest BCUT2D eigenvalue weighted by Gasteiger charge is -2.40. The van der Waals surface area contributed by atoms with Gasteiger partial charge in [0, 0.05) is 18.3 Å². The predicted octanol–water partition coefficient (Wildman–Crippen LogP) is 3.92. The Kier molecular flexibility index (Phi) is 5.14. The molecule has 1 aromatic rings. The smallest absolute Gasteiger partial charge is 0.328 e. The van der Waals surface area contributed by atoms with E-state index in [1.54, 1.807) is 6.08 Å². The summed E-state index contributed by atoms with van der Waals surface area (Å²) in [4.78, 5) is 40.1. The maximum Gasteiger partial charge on any atom is 0.328 e. The highest BCUT2D eigenvalue weighted by atomic mass is 32.2. The van der Waals surface area contributed by atoms with Crippen LogP contribution < -0.4 is 4.90 Å². The van der Waals surface area contributed by atoms with E-state index < -0.39 is 23.2 Å². The van der Waals surface area contributed by atoms with Gasteiger partial charge < -0.3 is 9.64 Å². The molecule has 0 radical (unpaired) electrons. The Labute approximate surface area is 169 Å². The first-order valence-corrected chi connectivity index (χ1v) is 9.81. The molecule has 148 valence electrons. The summed E-state index contributed by atoms with van der Waals surface area (Å²) in [7, 11) is 3.29. The molecule has 0 saturated carbocycles. The molecule has 1 fully saturated rings. The second-order valence-electron chi connectivity index (χ2n) is 7.57. The lowest BCUT2D eigenvalue weighted by atomic mass is 9.88. The summed E-state index contributed by atoms with van der Waals surface area (Å²) in [5.41, 5.74) is 4.13. The number of hydrogen-bond acceptors (Lipinski definition) is 6. The average Bonchev–Trinajstić information content (AvgIpc) is 2.91. The van der Waals surface area contributed by atoms with Gasteiger partial charge in [-0.1, -0.05) is 12.1 Å². The van der Waals surface area contributed by atoms with Crippen molar-refractivity contribution in [2.24, 2.45) is 0 Å². The first kappa shape index (κ1) is 20.2. The van der Waals surface area contributed by atoms with Crippen molar-refractivity contribution < 1.29 is 19.1 Å². The number of ether oxygens (including phenoxy) is 1. The number of likely N-dealkylation sites (N-methyl/N-ethyl adjacent to an activating group) is 1. The number of amides is 2. The normalized spacial score (nSPS) is 20.9. The molecule has 1 atom stereocenters. The van der Waals surface area contributed by atoms with Crippen LogP contribution in [0, 0.1) is 0 Å². The SMILES string of the molecule is COC(=O)C(C)N1C(=O)S/C(=C\c2ccc3c(c2)C(C)=CC(C)(C)N3C)C1=O. The van der Waals surface area contributed by atoms with E-state index >= 15 is 0 Å². The molecule has 2 amide bonds. The highest BCUT2D eigenvalue weighted by molar-refractivity contribution is 8.18. The monoisotopic (exact) mass is 400 g/mol. The van der Waals surface area contributed by atoms with Crippen LogP contribution in [0.3, 0.4) is 0 Å². The molecule has 2 aliphatic heterocycles. The predicted molar refractivity (Wildman–Crippen MR) is 112 cm³/mol. The molecule has 0 aliphatic carbocycles. The highest BCUT2D eigenvalue weighted by Crippen LogP contribution is 2.39. The van der Waals surface area contributed by atoms with E-state index in [-0.39, 0.29) is 5.54 Å². The van der Waals surface area contributed by atoms with E-state index in [1.165, 1.54) is 19.6 Å². The van der Waals surface area contributed by atoms with Gasteiger partial charge in [0.25, 0.3) is 11.1 Å². The molecule has 0 N–H and O–H groups in total. The number of carbonyl (C=O) groups is 3. The number of hydrogen-bond donors (Lipinski definition) is 0. The third-order valence-corrected chi connectivity index (χ3v) is 6.18. The third-order valence-electron chi connectivity index (χ3n) is 5.29. The molecule has 0 spiro atoms. The summed E-state index contributed by atoms with van der Waals surface area (Å²) < 4.78 is 4.65. The summed E-state index contributed by atoms with van der Waals surface area (Å²) >= 11 is 0.837. The molecule has 2 heterocycles. The van der Waals surface area contributed by atoms with Crippen LogP contribution in [-0.2, 0) is 14.3 Å². The molecule has 7 heteroatoms. The van der Waals surface area contributed by atoms with Crippen molar-refractivity contribution in [2.75, 3.05) is 19.1 Å². The fourth-order valence-electron chi connectivity index (χ4n) is 3.51. The number of benzene rings is 1. The minimum Gasteiger partial charge on any atom is -0.467 e. The van der Waals surface area contributed by atoms with Crippen LogP contribution in [0.25, 0.3) is 11.6 Å². The lowest BCUT2D eigenvalue weighted by Crippen LogP contribution is -2.42. The fraction of sp³-hybridized carbons (Fsp3) is 0.381. The number of anilines is 1. The number of esters is 1. The van der Waals surface area contributed by atoms with Gasteiger partial charge in [-0.05, 0) is 68.8 Å². The molecule has 28 heavy (non-hydrogen) atoms. The summed E-state index contributed by atoms with van der Waals surface area (Å²) in [5, 5.41) is -0.468. The van der Waals surface area contributed by atoms with Gasteiger partial charge in [-0.25, -0.2) is 4.79 Å². The third kappa shape index (κ3) is 3.35. The van der Waals surface area contributed by atoms with Gasteiger partial charge in [0.1, 0.15) is 6.04 Å². The van der Waals surface area contributed by atoms with Crippen molar-refractivity contribution in [3.63, 3.8) is 0 Å². The Hall–Kier alpha value is -2.54. The van der Waals surface area contributed by atoms with Gasteiger partial charge in [-0.2, -0.15) is 0 Å². The molecular formula is C21H24N2O4S. The minimum absolute atomic E-state index is 0.0781. The molecule has 0 bridgehead atoms. The second-order valence-corrected chi connectivity index (χ2v) is 8.56. The summed E-state index contributed by atoms with van der Waals surface area (Å²) in [6, 6.07) is 5.03. The van der Waals surface area contributed by atoms with Crippen LogP contribution in [0.5, 0.6) is 0 Å². The molecule has 3 rings (SSSR count). The summed E-state index contributed by atoms with van der Waals surface area (Å²) in [6.07, 6.45) is 3.91. The van der Waals surface area contributed by atoms with Gasteiger partial charge in [0.2, 0.25) is 0 Å². The Morgan fingerprint density at radius 2 is 1.96 bits per heavy atom. The van der Waals surface area contributed by atoms with Crippen molar-refractivity contribution >= 4 is 46.2 Å². The topological polar surface area (TPSA) is 66.9 Å². The van der Waals surface area contributed by atoms with Gasteiger partial charge in [0.15, 0.2) is 0 Å². The first-order chi connectivity index (χ1) is 13.1. The van der Waals surface area contributed by atoms with E-state index in [0.717, 1.165) is 33.5 Å². The van der Waals surface area contributed by atoms with Crippen molar-refractivity contribution in [2.45, 2.75) is 39.3 Å². The fourth-order valence-corrected chi connectivity index (χ4v) is 4.42. The first-order valence-electron chi connectivity index (χ1n) is 8.99. The largest absolute Gasteiger partial charge is 0.467 e. The zero-order valence-electron chi connectivity index (χ0n) is 16.9. The van der Waals surface area contributed by atoms with E-state index in [1.807, 2.05) is 18.2 Å². The number of allylic oxidation sites excluding steroid dienone is 1. The van der Waals surface area contributed by atoms with E-state index in [2.05, 4.69) is 43.5 Å². The Bertz CT molecular complexity index is 932. The number of nitrogens with zero attached hydrogens (tertiary/aromatic N) is 2. The Balaban J connectivity index is 1.94. The number of carbonyl (C=O) groups excluding carboxylic acids is 3. The maximum atomic E-state index is 12.7. The van der Waals surface area contributed by atoms with Crippen LogP contribution in [0.2, 0.25) is 0 Å². The molecule has 6 nitrogen and oxygen atoms in total. The highest BCUT2D eigenvalue weighted by Gasteiger charge is 2.41. The number of fused-ring (bicyclic) bond motifs is 1.